The molecule has 4 heterocycles. The Balaban J connectivity index is 1.76. The van der Waals surface area contributed by atoms with Crippen molar-refractivity contribution in [3.8, 4) is 0 Å². The summed E-state index contributed by atoms with van der Waals surface area (Å²) in [6.07, 6.45) is 0.502. The fourth-order valence-corrected chi connectivity index (χ4v) is 5.58. The van der Waals surface area contributed by atoms with Gasteiger partial charge in [-0.2, -0.15) is 0 Å². The van der Waals surface area contributed by atoms with E-state index < -0.39 is 0 Å². The predicted molar refractivity (Wildman–Crippen MR) is 79.5 cm³/mol. The minimum Gasteiger partial charge on any atom is -0.297 e. The lowest BCUT2D eigenvalue weighted by Crippen LogP contribution is -3.41. The van der Waals surface area contributed by atoms with Crippen molar-refractivity contribution in [2.75, 3.05) is 26.2 Å². The van der Waals surface area contributed by atoms with Crippen LogP contribution in [0.5, 0.6) is 0 Å². The molecule has 3 nitrogen and oxygen atoms in total. The molecule has 0 amide bonds. The summed E-state index contributed by atoms with van der Waals surface area (Å²) in [5.74, 6) is 0.519. The van der Waals surface area contributed by atoms with Crippen molar-refractivity contribution in [3.63, 3.8) is 0 Å². The number of piperidine rings is 2. The molecule has 5 rings (SSSR count). The molecule has 4 fully saturated rings. The summed E-state index contributed by atoms with van der Waals surface area (Å²) >= 11 is 3.59. The standard InChI is InChI=1S/C16H19BrN2O/c1-15-7-18-9-16(2,14(15)20)10-19(8-15)13(18)11-4-3-5-12(17)6-11/h3-6,13H,7-10H2,1-2H3/p+2. The number of quaternary nitrogens is 2. The minimum atomic E-state index is -0.0988. The highest BCUT2D eigenvalue weighted by Gasteiger charge is 2.68. The molecule has 20 heavy (non-hydrogen) atoms. The van der Waals surface area contributed by atoms with Gasteiger partial charge in [-0.3, -0.25) is 14.6 Å². The van der Waals surface area contributed by atoms with E-state index in [2.05, 4.69) is 54.0 Å². The van der Waals surface area contributed by atoms with Crippen molar-refractivity contribution in [1.29, 1.82) is 0 Å². The SMILES string of the molecule is CC12C[NH+]3CC(C)(C[NH+](C1)C3c1cccc(Br)c1)C2=O. The Kier molecular flexibility index (Phi) is 2.55. The van der Waals surface area contributed by atoms with E-state index in [0.717, 1.165) is 30.7 Å². The van der Waals surface area contributed by atoms with Gasteiger partial charge in [-0.15, -0.1) is 0 Å². The molecule has 4 bridgehead atoms. The van der Waals surface area contributed by atoms with Crippen LogP contribution in [0.25, 0.3) is 0 Å². The summed E-state index contributed by atoms with van der Waals surface area (Å²) in [4.78, 5) is 15.9. The van der Waals surface area contributed by atoms with E-state index in [-0.39, 0.29) is 10.8 Å². The number of hydrogen-bond acceptors (Lipinski definition) is 1. The monoisotopic (exact) mass is 336 g/mol. The largest absolute Gasteiger partial charge is 0.297 e. The van der Waals surface area contributed by atoms with E-state index in [9.17, 15) is 4.79 Å². The van der Waals surface area contributed by atoms with Crippen LogP contribution in [0.3, 0.4) is 0 Å². The second kappa shape index (κ2) is 3.93. The van der Waals surface area contributed by atoms with Gasteiger partial charge >= 0.3 is 0 Å². The Labute approximate surface area is 128 Å². The number of Topliss-reactive ketones (excluding diaryl/α,β-unsaturated/α-hetero) is 1. The normalized spacial score (nSPS) is 46.0. The van der Waals surface area contributed by atoms with Crippen LogP contribution in [-0.2, 0) is 4.79 Å². The molecule has 0 aliphatic carbocycles. The fraction of sp³-hybridized carbons (Fsp3) is 0.562. The zero-order valence-electron chi connectivity index (χ0n) is 12.0. The lowest BCUT2D eigenvalue weighted by atomic mass is 9.62. The molecule has 2 N–H and O–H groups in total. The van der Waals surface area contributed by atoms with Crippen molar-refractivity contribution in [2.45, 2.75) is 20.0 Å². The molecule has 0 radical (unpaired) electrons. The first-order valence-corrected chi connectivity index (χ1v) is 8.20. The molecule has 0 atom stereocenters. The Bertz CT molecular complexity index is 560. The van der Waals surface area contributed by atoms with Gasteiger partial charge in [-0.25, -0.2) is 0 Å². The highest BCUT2D eigenvalue weighted by Crippen LogP contribution is 2.36. The third-order valence-corrected chi connectivity index (χ3v) is 6.06. The molecule has 4 aliphatic rings. The molecular weight excluding hydrogens is 316 g/mol. The summed E-state index contributed by atoms with van der Waals surface area (Å²) in [6, 6.07) is 8.70. The van der Waals surface area contributed by atoms with Gasteiger partial charge in [0.25, 0.3) is 0 Å². The van der Waals surface area contributed by atoms with Crippen molar-refractivity contribution in [3.05, 3.63) is 34.3 Å². The van der Waals surface area contributed by atoms with Gasteiger partial charge in [0, 0.05) is 4.47 Å². The first-order chi connectivity index (χ1) is 9.41. The smallest absolute Gasteiger partial charge is 0.240 e. The van der Waals surface area contributed by atoms with Gasteiger partial charge in [-0.05, 0) is 32.0 Å². The Morgan fingerprint density at radius 2 is 1.65 bits per heavy atom. The fourth-order valence-electron chi connectivity index (χ4n) is 5.16. The van der Waals surface area contributed by atoms with Crippen LogP contribution in [0.15, 0.2) is 28.7 Å². The molecule has 4 heteroatoms. The molecule has 1 aromatic carbocycles. The quantitative estimate of drug-likeness (QED) is 0.732. The molecule has 106 valence electrons. The van der Waals surface area contributed by atoms with Gasteiger partial charge in [0.15, 0.2) is 5.78 Å². The molecule has 4 aliphatic heterocycles. The van der Waals surface area contributed by atoms with Gasteiger partial charge in [-0.1, -0.05) is 22.0 Å². The van der Waals surface area contributed by atoms with E-state index in [0.29, 0.717) is 11.9 Å². The number of carbonyl (C=O) groups is 1. The Morgan fingerprint density at radius 3 is 2.15 bits per heavy atom. The third-order valence-electron chi connectivity index (χ3n) is 5.56. The number of rotatable bonds is 1. The van der Waals surface area contributed by atoms with Gasteiger partial charge in [0.1, 0.15) is 10.8 Å². The van der Waals surface area contributed by atoms with Crippen molar-refractivity contribution >= 4 is 21.7 Å². The third kappa shape index (κ3) is 1.62. The number of carbonyl (C=O) groups excluding carboxylic acids is 1. The molecule has 0 spiro atoms. The van der Waals surface area contributed by atoms with Crippen molar-refractivity contribution < 1.29 is 14.6 Å². The van der Waals surface area contributed by atoms with Crippen LogP contribution >= 0.6 is 15.9 Å². The van der Waals surface area contributed by atoms with Crippen LogP contribution in [0, 0.1) is 10.8 Å². The van der Waals surface area contributed by atoms with Gasteiger partial charge in [0.05, 0.1) is 31.7 Å². The van der Waals surface area contributed by atoms with E-state index in [1.54, 1.807) is 9.80 Å². The first kappa shape index (κ1) is 13.0. The average Bonchev–Trinajstić information content (AvgIpc) is 2.34. The van der Waals surface area contributed by atoms with E-state index in [1.165, 1.54) is 5.56 Å². The van der Waals surface area contributed by atoms with Crippen LogP contribution in [-0.4, -0.2) is 32.0 Å². The minimum absolute atomic E-state index is 0.0988. The zero-order valence-corrected chi connectivity index (χ0v) is 13.6. The van der Waals surface area contributed by atoms with Crippen molar-refractivity contribution in [1.82, 2.24) is 0 Å². The lowest BCUT2D eigenvalue weighted by molar-refractivity contribution is -1.18. The summed E-state index contributed by atoms with van der Waals surface area (Å²) in [7, 11) is 0. The van der Waals surface area contributed by atoms with Crippen LogP contribution in [0.4, 0.5) is 0 Å². The van der Waals surface area contributed by atoms with E-state index in [1.807, 2.05) is 0 Å². The topological polar surface area (TPSA) is 26.0 Å². The first-order valence-electron chi connectivity index (χ1n) is 7.41. The average molecular weight is 337 g/mol. The molecule has 0 saturated carbocycles. The Hall–Kier alpha value is -0.710. The maximum atomic E-state index is 12.7. The highest BCUT2D eigenvalue weighted by molar-refractivity contribution is 9.10. The highest BCUT2D eigenvalue weighted by atomic mass is 79.9. The zero-order chi connectivity index (χ0) is 14.1. The molecule has 1 aromatic rings. The molecule has 4 saturated heterocycles. The molecule has 0 unspecified atom stereocenters. The number of benzene rings is 1. The molecule has 0 aromatic heterocycles. The summed E-state index contributed by atoms with van der Waals surface area (Å²) in [6.45, 7) is 8.38. The molecular formula is C16H21BrN2O+2. The van der Waals surface area contributed by atoms with Crippen LogP contribution in [0.1, 0.15) is 25.6 Å². The van der Waals surface area contributed by atoms with Gasteiger partial charge < -0.3 is 0 Å². The van der Waals surface area contributed by atoms with E-state index in [4.69, 9.17) is 0 Å². The maximum absolute atomic E-state index is 12.7. The van der Waals surface area contributed by atoms with E-state index >= 15 is 0 Å². The number of hydrogen-bond donors (Lipinski definition) is 2. The summed E-state index contributed by atoms with van der Waals surface area (Å²) in [5, 5.41) is 0. The number of ketones is 1. The second-order valence-electron chi connectivity index (χ2n) is 7.46. The summed E-state index contributed by atoms with van der Waals surface area (Å²) in [5.41, 5.74) is 1.21. The second-order valence-corrected chi connectivity index (χ2v) is 8.38. The van der Waals surface area contributed by atoms with Gasteiger partial charge in [0.2, 0.25) is 6.17 Å². The lowest BCUT2D eigenvalue weighted by Gasteiger charge is -2.58. The van der Waals surface area contributed by atoms with Crippen LogP contribution < -0.4 is 9.80 Å². The Morgan fingerprint density at radius 1 is 1.10 bits per heavy atom. The summed E-state index contributed by atoms with van der Waals surface area (Å²) < 4.78 is 1.15. The number of nitrogens with one attached hydrogen (secondary N) is 2. The maximum Gasteiger partial charge on any atom is 0.240 e. The van der Waals surface area contributed by atoms with Crippen LogP contribution in [0.2, 0.25) is 0 Å². The number of halogens is 1. The van der Waals surface area contributed by atoms with Crippen molar-refractivity contribution in [2.24, 2.45) is 10.8 Å². The predicted octanol–water partition coefficient (Wildman–Crippen LogP) is -0.160.